The molecule has 3 heteroatoms. The Kier molecular flexibility index (Phi) is 4.82. The van der Waals surface area contributed by atoms with Gasteiger partial charge in [0.25, 0.3) is 0 Å². The summed E-state index contributed by atoms with van der Waals surface area (Å²) in [5.74, 6) is 0. The second kappa shape index (κ2) is 5.92. The van der Waals surface area contributed by atoms with Gasteiger partial charge in [0.1, 0.15) is 0 Å². The van der Waals surface area contributed by atoms with Crippen molar-refractivity contribution in [2.75, 3.05) is 30.8 Å². The van der Waals surface area contributed by atoms with Crippen LogP contribution in [0.15, 0.2) is 24.3 Å². The van der Waals surface area contributed by atoms with Crippen LogP contribution in [0.1, 0.15) is 27.2 Å². The van der Waals surface area contributed by atoms with Crippen molar-refractivity contribution in [2.24, 2.45) is 0 Å². The molecule has 0 unspecified atom stereocenters. The molecule has 0 amide bonds. The quantitative estimate of drug-likeness (QED) is 0.772. The first-order chi connectivity index (χ1) is 8.00. The smallest absolute Gasteiger partial charge is 0.0639 e. The van der Waals surface area contributed by atoms with E-state index >= 15 is 0 Å². The van der Waals surface area contributed by atoms with Crippen LogP contribution < -0.4 is 10.6 Å². The molecule has 0 radical (unpaired) electrons. The largest absolute Gasteiger partial charge is 0.397 e. The van der Waals surface area contributed by atoms with Crippen LogP contribution in [-0.4, -0.2) is 25.8 Å². The summed E-state index contributed by atoms with van der Waals surface area (Å²) in [7, 11) is 1.76. The Labute approximate surface area is 105 Å². The number of para-hydroxylation sites is 2. The highest BCUT2D eigenvalue weighted by atomic mass is 16.5. The van der Waals surface area contributed by atoms with Gasteiger partial charge in [0.15, 0.2) is 0 Å². The monoisotopic (exact) mass is 236 g/mol. The molecule has 1 aromatic rings. The molecule has 96 valence electrons. The van der Waals surface area contributed by atoms with Crippen LogP contribution in [0.2, 0.25) is 0 Å². The summed E-state index contributed by atoms with van der Waals surface area (Å²) in [5.41, 5.74) is 7.86. The number of ether oxygens (including phenoxy) is 1. The molecular formula is C14H24N2O. The number of methoxy groups -OCH3 is 1. The fourth-order valence-electron chi connectivity index (χ4n) is 1.73. The standard InChI is InChI=1S/C14H24N2O/c1-5-16(11-10-14(2,3)17-4)13-9-7-6-8-12(13)15/h6-9H,5,10-11,15H2,1-4H3. The van der Waals surface area contributed by atoms with Gasteiger partial charge in [-0.25, -0.2) is 0 Å². The van der Waals surface area contributed by atoms with Gasteiger partial charge in [-0.2, -0.15) is 0 Å². The van der Waals surface area contributed by atoms with E-state index in [4.69, 9.17) is 10.5 Å². The Balaban J connectivity index is 2.70. The van der Waals surface area contributed by atoms with E-state index in [1.807, 2.05) is 18.2 Å². The lowest BCUT2D eigenvalue weighted by atomic mass is 10.0. The summed E-state index contributed by atoms with van der Waals surface area (Å²) < 4.78 is 5.44. The molecule has 0 spiro atoms. The molecule has 0 saturated heterocycles. The van der Waals surface area contributed by atoms with Crippen LogP contribution in [0, 0.1) is 0 Å². The van der Waals surface area contributed by atoms with Crippen molar-refractivity contribution in [2.45, 2.75) is 32.8 Å². The second-order valence-corrected chi connectivity index (χ2v) is 4.85. The number of nitrogens with zero attached hydrogens (tertiary/aromatic N) is 1. The highest BCUT2D eigenvalue weighted by molar-refractivity contribution is 5.67. The summed E-state index contributed by atoms with van der Waals surface area (Å²) in [6.07, 6.45) is 0.978. The Morgan fingerprint density at radius 1 is 1.29 bits per heavy atom. The summed E-state index contributed by atoms with van der Waals surface area (Å²) in [6.45, 7) is 8.26. The summed E-state index contributed by atoms with van der Waals surface area (Å²) >= 11 is 0. The third-order valence-electron chi connectivity index (χ3n) is 3.20. The molecule has 0 atom stereocenters. The molecule has 17 heavy (non-hydrogen) atoms. The number of nitrogens with two attached hydrogens (primary N) is 1. The van der Waals surface area contributed by atoms with Crippen molar-refractivity contribution in [1.82, 2.24) is 0 Å². The van der Waals surface area contributed by atoms with Gasteiger partial charge in [0.05, 0.1) is 17.0 Å². The molecule has 0 saturated carbocycles. The Hall–Kier alpha value is -1.22. The van der Waals surface area contributed by atoms with E-state index in [1.165, 1.54) is 0 Å². The van der Waals surface area contributed by atoms with Gasteiger partial charge in [0, 0.05) is 20.2 Å². The second-order valence-electron chi connectivity index (χ2n) is 4.85. The molecule has 0 aliphatic heterocycles. The van der Waals surface area contributed by atoms with Gasteiger partial charge in [-0.1, -0.05) is 12.1 Å². The molecule has 0 fully saturated rings. The highest BCUT2D eigenvalue weighted by Crippen LogP contribution is 2.24. The van der Waals surface area contributed by atoms with Gasteiger partial charge in [-0.15, -0.1) is 0 Å². The number of hydrogen-bond donors (Lipinski definition) is 1. The van der Waals surface area contributed by atoms with Gasteiger partial charge in [-0.3, -0.25) is 0 Å². The van der Waals surface area contributed by atoms with E-state index in [-0.39, 0.29) is 5.60 Å². The fraction of sp³-hybridized carbons (Fsp3) is 0.571. The molecule has 1 aromatic carbocycles. The average molecular weight is 236 g/mol. The van der Waals surface area contributed by atoms with Gasteiger partial charge >= 0.3 is 0 Å². The minimum Gasteiger partial charge on any atom is -0.397 e. The fourth-order valence-corrected chi connectivity index (χ4v) is 1.73. The highest BCUT2D eigenvalue weighted by Gasteiger charge is 2.18. The van der Waals surface area contributed by atoms with Crippen LogP contribution in [-0.2, 0) is 4.74 Å². The van der Waals surface area contributed by atoms with Gasteiger partial charge in [0.2, 0.25) is 0 Å². The lowest BCUT2D eigenvalue weighted by Crippen LogP contribution is -2.32. The summed E-state index contributed by atoms with van der Waals surface area (Å²) in [5, 5.41) is 0. The van der Waals surface area contributed by atoms with Crippen LogP contribution >= 0.6 is 0 Å². The Morgan fingerprint density at radius 3 is 2.47 bits per heavy atom. The van der Waals surface area contributed by atoms with Crippen molar-refractivity contribution in [3.05, 3.63) is 24.3 Å². The number of nitrogen functional groups attached to an aromatic ring is 1. The van der Waals surface area contributed by atoms with Crippen molar-refractivity contribution in [3.63, 3.8) is 0 Å². The van der Waals surface area contributed by atoms with Crippen LogP contribution in [0.3, 0.4) is 0 Å². The molecule has 0 aliphatic carbocycles. The summed E-state index contributed by atoms with van der Waals surface area (Å²) in [6, 6.07) is 8.00. The van der Waals surface area contributed by atoms with E-state index in [0.29, 0.717) is 0 Å². The normalized spacial score (nSPS) is 11.5. The summed E-state index contributed by atoms with van der Waals surface area (Å²) in [4.78, 5) is 2.29. The number of hydrogen-bond acceptors (Lipinski definition) is 3. The van der Waals surface area contributed by atoms with E-state index in [0.717, 1.165) is 30.9 Å². The number of rotatable bonds is 6. The first kappa shape index (κ1) is 13.8. The number of benzene rings is 1. The maximum absolute atomic E-state index is 6.00. The van der Waals surface area contributed by atoms with Crippen LogP contribution in [0.4, 0.5) is 11.4 Å². The Bertz CT molecular complexity index is 350. The SMILES string of the molecule is CCN(CCC(C)(C)OC)c1ccccc1N. The average Bonchev–Trinajstić information content (AvgIpc) is 2.32. The molecule has 1 rings (SSSR count). The van der Waals surface area contributed by atoms with Crippen molar-refractivity contribution in [1.29, 1.82) is 0 Å². The molecule has 0 bridgehead atoms. The first-order valence-corrected chi connectivity index (χ1v) is 6.15. The van der Waals surface area contributed by atoms with Crippen molar-refractivity contribution < 1.29 is 4.74 Å². The lowest BCUT2D eigenvalue weighted by molar-refractivity contribution is 0.0173. The molecule has 3 nitrogen and oxygen atoms in total. The third-order valence-corrected chi connectivity index (χ3v) is 3.20. The van der Waals surface area contributed by atoms with E-state index in [9.17, 15) is 0 Å². The van der Waals surface area contributed by atoms with Gasteiger partial charge < -0.3 is 15.4 Å². The molecule has 0 aliphatic rings. The zero-order valence-corrected chi connectivity index (χ0v) is 11.4. The van der Waals surface area contributed by atoms with Crippen molar-refractivity contribution in [3.8, 4) is 0 Å². The zero-order chi connectivity index (χ0) is 12.9. The first-order valence-electron chi connectivity index (χ1n) is 6.15. The molecule has 0 aromatic heterocycles. The minimum absolute atomic E-state index is 0.0863. The van der Waals surface area contributed by atoms with E-state index < -0.39 is 0 Å². The van der Waals surface area contributed by atoms with E-state index in [1.54, 1.807) is 7.11 Å². The third kappa shape index (κ3) is 3.93. The predicted octanol–water partition coefficient (Wildman–Crippen LogP) is 2.91. The van der Waals surface area contributed by atoms with E-state index in [2.05, 4.69) is 31.7 Å². The topological polar surface area (TPSA) is 38.5 Å². The maximum Gasteiger partial charge on any atom is 0.0639 e. The predicted molar refractivity (Wildman–Crippen MR) is 74.4 cm³/mol. The number of anilines is 2. The molecule has 2 N–H and O–H groups in total. The van der Waals surface area contributed by atoms with Crippen LogP contribution in [0.5, 0.6) is 0 Å². The van der Waals surface area contributed by atoms with Gasteiger partial charge in [-0.05, 0) is 39.3 Å². The Morgan fingerprint density at radius 2 is 1.94 bits per heavy atom. The molecular weight excluding hydrogens is 212 g/mol. The van der Waals surface area contributed by atoms with Crippen molar-refractivity contribution >= 4 is 11.4 Å². The minimum atomic E-state index is -0.0863. The van der Waals surface area contributed by atoms with Crippen LogP contribution in [0.25, 0.3) is 0 Å². The maximum atomic E-state index is 6.00. The lowest BCUT2D eigenvalue weighted by Gasteiger charge is -2.29. The zero-order valence-electron chi connectivity index (χ0n) is 11.4. The molecule has 0 heterocycles.